The van der Waals surface area contributed by atoms with Crippen LogP contribution in [0, 0.1) is 5.82 Å². The molecule has 0 saturated carbocycles. The van der Waals surface area contributed by atoms with Gasteiger partial charge in [-0.25, -0.2) is 14.4 Å². The number of aromatic nitrogens is 2. The van der Waals surface area contributed by atoms with Crippen LogP contribution in [0.1, 0.15) is 5.56 Å². The highest BCUT2D eigenvalue weighted by Gasteiger charge is 2.11. The Balaban J connectivity index is 1.91. The van der Waals surface area contributed by atoms with Gasteiger partial charge in [0.1, 0.15) is 29.2 Å². The summed E-state index contributed by atoms with van der Waals surface area (Å²) in [6.45, 7) is 0.659. The molecule has 5 heteroatoms. The molecule has 0 aliphatic rings. The molecule has 0 atom stereocenters. The number of rotatable bonds is 4. The molecule has 2 aromatic carbocycles. The molecular formula is C17H16FN3O. The number of hydrogen-bond acceptors (Lipinski definition) is 4. The van der Waals surface area contributed by atoms with Gasteiger partial charge in [0.15, 0.2) is 0 Å². The van der Waals surface area contributed by atoms with E-state index in [2.05, 4.69) is 9.97 Å². The van der Waals surface area contributed by atoms with Crippen LogP contribution in [0.5, 0.6) is 5.75 Å². The quantitative estimate of drug-likeness (QED) is 0.739. The number of para-hydroxylation sites is 1. The molecule has 0 fully saturated rings. The minimum Gasteiger partial charge on any atom is -0.497 e. The van der Waals surface area contributed by atoms with Crippen molar-refractivity contribution < 1.29 is 9.13 Å². The minimum atomic E-state index is -0.334. The van der Waals surface area contributed by atoms with Crippen molar-refractivity contribution >= 4 is 16.7 Å². The fraction of sp³-hybridized carbons (Fsp3) is 0.176. The summed E-state index contributed by atoms with van der Waals surface area (Å²) < 4.78 is 19.0. The molecule has 1 heterocycles. The van der Waals surface area contributed by atoms with Gasteiger partial charge in [0.2, 0.25) is 0 Å². The van der Waals surface area contributed by atoms with Gasteiger partial charge in [-0.1, -0.05) is 18.2 Å². The van der Waals surface area contributed by atoms with Crippen molar-refractivity contribution in [3.63, 3.8) is 0 Å². The Hall–Kier alpha value is -2.69. The summed E-state index contributed by atoms with van der Waals surface area (Å²) in [6.07, 6.45) is 1.39. The second-order valence-electron chi connectivity index (χ2n) is 5.04. The van der Waals surface area contributed by atoms with E-state index in [-0.39, 0.29) is 5.82 Å². The number of benzene rings is 2. The van der Waals surface area contributed by atoms with E-state index in [9.17, 15) is 4.39 Å². The van der Waals surface area contributed by atoms with Gasteiger partial charge in [-0.3, -0.25) is 0 Å². The van der Waals surface area contributed by atoms with Gasteiger partial charge in [0.25, 0.3) is 0 Å². The van der Waals surface area contributed by atoms with Gasteiger partial charge in [-0.15, -0.1) is 0 Å². The lowest BCUT2D eigenvalue weighted by Gasteiger charge is -2.20. The third kappa shape index (κ3) is 2.70. The predicted molar refractivity (Wildman–Crippen MR) is 84.6 cm³/mol. The number of anilines is 1. The summed E-state index contributed by atoms with van der Waals surface area (Å²) in [5.74, 6) is 1.19. The monoisotopic (exact) mass is 297 g/mol. The van der Waals surface area contributed by atoms with Crippen molar-refractivity contribution in [1.29, 1.82) is 0 Å². The molecule has 112 valence electrons. The van der Waals surface area contributed by atoms with E-state index in [1.54, 1.807) is 13.2 Å². The first-order chi connectivity index (χ1) is 10.7. The van der Waals surface area contributed by atoms with E-state index in [1.807, 2.05) is 42.3 Å². The molecule has 0 aliphatic heterocycles. The van der Waals surface area contributed by atoms with Crippen molar-refractivity contribution in [1.82, 2.24) is 9.97 Å². The van der Waals surface area contributed by atoms with E-state index in [0.29, 0.717) is 23.3 Å². The van der Waals surface area contributed by atoms with E-state index in [1.165, 1.54) is 12.4 Å². The number of fused-ring (bicyclic) bond motifs is 1. The highest BCUT2D eigenvalue weighted by molar-refractivity contribution is 5.89. The summed E-state index contributed by atoms with van der Waals surface area (Å²) in [5.41, 5.74) is 1.46. The Bertz CT molecular complexity index is 790. The van der Waals surface area contributed by atoms with Crippen LogP contribution in [0.3, 0.4) is 0 Å². The zero-order chi connectivity index (χ0) is 15.5. The maximum atomic E-state index is 13.8. The lowest BCUT2D eigenvalue weighted by Crippen LogP contribution is -2.18. The van der Waals surface area contributed by atoms with Crippen LogP contribution in [-0.2, 0) is 6.54 Å². The van der Waals surface area contributed by atoms with E-state index < -0.39 is 0 Å². The van der Waals surface area contributed by atoms with Crippen molar-refractivity contribution in [2.45, 2.75) is 6.54 Å². The molecule has 0 bridgehead atoms. The van der Waals surface area contributed by atoms with Crippen LogP contribution in [-0.4, -0.2) is 24.1 Å². The molecule has 0 saturated heterocycles. The van der Waals surface area contributed by atoms with Crippen LogP contribution in [0.2, 0.25) is 0 Å². The summed E-state index contributed by atoms with van der Waals surface area (Å²) >= 11 is 0. The van der Waals surface area contributed by atoms with Crippen LogP contribution in [0.15, 0.2) is 48.8 Å². The fourth-order valence-electron chi connectivity index (χ4n) is 2.42. The Morgan fingerprint density at radius 2 is 1.86 bits per heavy atom. The zero-order valence-electron chi connectivity index (χ0n) is 12.5. The van der Waals surface area contributed by atoms with Crippen LogP contribution >= 0.6 is 0 Å². The topological polar surface area (TPSA) is 38.2 Å². The SMILES string of the molecule is COc1ccc(CN(C)c2ncnc3c(F)cccc23)cc1. The standard InChI is InChI=1S/C17H16FN3O/c1-21(10-12-6-8-13(22-2)9-7-12)17-14-4-3-5-15(18)16(14)19-11-20-17/h3-9,11H,10H2,1-2H3. The van der Waals surface area contributed by atoms with Crippen molar-refractivity contribution in [2.75, 3.05) is 19.1 Å². The van der Waals surface area contributed by atoms with Crippen molar-refractivity contribution in [3.8, 4) is 5.75 Å². The van der Waals surface area contributed by atoms with Gasteiger partial charge in [-0.2, -0.15) is 0 Å². The lowest BCUT2D eigenvalue weighted by atomic mass is 10.2. The fourth-order valence-corrected chi connectivity index (χ4v) is 2.42. The van der Waals surface area contributed by atoms with Crippen LogP contribution < -0.4 is 9.64 Å². The molecule has 4 nitrogen and oxygen atoms in total. The normalized spacial score (nSPS) is 10.7. The summed E-state index contributed by atoms with van der Waals surface area (Å²) in [5, 5.41) is 0.707. The molecule has 3 rings (SSSR count). The first-order valence-electron chi connectivity index (χ1n) is 6.92. The van der Waals surface area contributed by atoms with E-state index in [0.717, 1.165) is 11.3 Å². The molecule has 1 aromatic heterocycles. The number of methoxy groups -OCH3 is 1. The second kappa shape index (κ2) is 5.97. The van der Waals surface area contributed by atoms with Gasteiger partial charge < -0.3 is 9.64 Å². The Kier molecular flexibility index (Phi) is 3.87. The average Bonchev–Trinajstić information content (AvgIpc) is 2.55. The molecule has 0 unspecified atom stereocenters. The smallest absolute Gasteiger partial charge is 0.149 e. The highest BCUT2D eigenvalue weighted by atomic mass is 19.1. The highest BCUT2D eigenvalue weighted by Crippen LogP contribution is 2.25. The maximum Gasteiger partial charge on any atom is 0.149 e. The van der Waals surface area contributed by atoms with Gasteiger partial charge >= 0.3 is 0 Å². The summed E-state index contributed by atoms with van der Waals surface area (Å²) in [7, 11) is 3.57. The summed E-state index contributed by atoms with van der Waals surface area (Å²) in [6, 6.07) is 12.7. The molecule has 0 radical (unpaired) electrons. The third-order valence-electron chi connectivity index (χ3n) is 3.53. The molecule has 0 aliphatic carbocycles. The molecule has 22 heavy (non-hydrogen) atoms. The molecular weight excluding hydrogens is 281 g/mol. The lowest BCUT2D eigenvalue weighted by molar-refractivity contribution is 0.414. The molecule has 0 amide bonds. The van der Waals surface area contributed by atoms with Gasteiger partial charge in [-0.05, 0) is 29.8 Å². The first-order valence-corrected chi connectivity index (χ1v) is 6.92. The second-order valence-corrected chi connectivity index (χ2v) is 5.04. The van der Waals surface area contributed by atoms with Crippen LogP contribution in [0.4, 0.5) is 10.2 Å². The zero-order valence-corrected chi connectivity index (χ0v) is 12.5. The van der Waals surface area contributed by atoms with Gasteiger partial charge in [0.05, 0.1) is 7.11 Å². The number of hydrogen-bond donors (Lipinski definition) is 0. The molecule has 0 N–H and O–H groups in total. The minimum absolute atomic E-state index is 0.334. The summed E-state index contributed by atoms with van der Waals surface area (Å²) in [4.78, 5) is 10.3. The predicted octanol–water partition coefficient (Wildman–Crippen LogP) is 3.41. The number of halogens is 1. The number of ether oxygens (including phenoxy) is 1. The first kappa shape index (κ1) is 14.3. The molecule has 0 spiro atoms. The van der Waals surface area contributed by atoms with E-state index >= 15 is 0 Å². The third-order valence-corrected chi connectivity index (χ3v) is 3.53. The Morgan fingerprint density at radius 3 is 2.59 bits per heavy atom. The molecule has 3 aromatic rings. The van der Waals surface area contributed by atoms with E-state index in [4.69, 9.17) is 4.74 Å². The Morgan fingerprint density at radius 1 is 1.09 bits per heavy atom. The van der Waals surface area contributed by atoms with Crippen molar-refractivity contribution in [2.24, 2.45) is 0 Å². The van der Waals surface area contributed by atoms with Crippen molar-refractivity contribution in [3.05, 3.63) is 60.2 Å². The van der Waals surface area contributed by atoms with Gasteiger partial charge in [0, 0.05) is 19.0 Å². The largest absolute Gasteiger partial charge is 0.497 e. The number of nitrogens with zero attached hydrogens (tertiary/aromatic N) is 3. The average molecular weight is 297 g/mol. The Labute approximate surface area is 128 Å². The maximum absolute atomic E-state index is 13.8. The van der Waals surface area contributed by atoms with Crippen LogP contribution in [0.25, 0.3) is 10.9 Å².